The zero-order valence-corrected chi connectivity index (χ0v) is 10.2. The monoisotopic (exact) mass is 254 g/mol. The second-order valence-electron chi connectivity index (χ2n) is 3.44. The summed E-state index contributed by atoms with van der Waals surface area (Å²) in [7, 11) is 1.57. The molecule has 0 aliphatic heterocycles. The highest BCUT2D eigenvalue weighted by atomic mass is 19.1. The van der Waals surface area contributed by atoms with E-state index < -0.39 is 11.7 Å². The lowest BCUT2D eigenvalue weighted by atomic mass is 10.2. The van der Waals surface area contributed by atoms with Gasteiger partial charge < -0.3 is 16.0 Å². The number of carbonyl (C=O) groups is 2. The third kappa shape index (κ3) is 3.69. The highest BCUT2D eigenvalue weighted by Gasteiger charge is 2.13. The van der Waals surface area contributed by atoms with Crippen LogP contribution in [0.15, 0.2) is 12.3 Å². The number of carbonyl (C=O) groups excluding carboxylic acids is 2. The highest BCUT2D eigenvalue weighted by molar-refractivity contribution is 6.00. The van der Waals surface area contributed by atoms with Crippen LogP contribution in [0.3, 0.4) is 0 Å². The Hall–Kier alpha value is -2.18. The fourth-order valence-corrected chi connectivity index (χ4v) is 1.33. The smallest absolute Gasteiger partial charge is 0.255 e. The minimum absolute atomic E-state index is 0.0572. The van der Waals surface area contributed by atoms with Gasteiger partial charge in [-0.25, -0.2) is 9.37 Å². The van der Waals surface area contributed by atoms with E-state index in [0.717, 1.165) is 12.3 Å². The van der Waals surface area contributed by atoms with Crippen molar-refractivity contribution >= 4 is 17.6 Å². The van der Waals surface area contributed by atoms with Gasteiger partial charge in [0, 0.05) is 13.6 Å². The fraction of sp³-hybridized carbons (Fsp3) is 0.364. The van der Waals surface area contributed by atoms with Crippen molar-refractivity contribution in [1.29, 1.82) is 0 Å². The van der Waals surface area contributed by atoms with Gasteiger partial charge in [0.2, 0.25) is 5.91 Å². The number of nitrogens with zero attached hydrogens (tertiary/aromatic N) is 1. The summed E-state index contributed by atoms with van der Waals surface area (Å²) in [5.41, 5.74) is 0.0572. The fourth-order valence-electron chi connectivity index (χ4n) is 1.33. The molecule has 0 aliphatic rings. The molecule has 0 spiro atoms. The number of hydrogen-bond acceptors (Lipinski definition) is 4. The molecule has 0 atom stereocenters. The Balaban J connectivity index is 2.71. The van der Waals surface area contributed by atoms with Crippen LogP contribution in [0, 0.1) is 5.82 Å². The first-order chi connectivity index (χ1) is 8.58. The molecule has 0 unspecified atom stereocenters. The number of likely N-dealkylation sites (N-methyl/N-ethyl adjacent to an activating group) is 1. The van der Waals surface area contributed by atoms with Gasteiger partial charge in [-0.1, -0.05) is 0 Å². The van der Waals surface area contributed by atoms with E-state index in [2.05, 4.69) is 20.9 Å². The van der Waals surface area contributed by atoms with Crippen molar-refractivity contribution in [3.05, 3.63) is 23.6 Å². The predicted molar refractivity (Wildman–Crippen MR) is 64.8 cm³/mol. The predicted octanol–water partition coefficient (Wildman–Crippen LogP) is 0.128. The molecule has 6 nitrogen and oxygen atoms in total. The molecule has 1 heterocycles. The average molecular weight is 254 g/mol. The molecular weight excluding hydrogens is 239 g/mol. The molecule has 0 fully saturated rings. The van der Waals surface area contributed by atoms with Gasteiger partial charge in [-0.05, 0) is 13.0 Å². The van der Waals surface area contributed by atoms with Gasteiger partial charge in [0.15, 0.2) is 0 Å². The normalized spacial score (nSPS) is 9.72. The maximum atomic E-state index is 13.0. The summed E-state index contributed by atoms with van der Waals surface area (Å²) in [6, 6.07) is 1.06. The van der Waals surface area contributed by atoms with E-state index in [9.17, 15) is 14.0 Å². The van der Waals surface area contributed by atoms with Crippen molar-refractivity contribution in [2.75, 3.05) is 25.5 Å². The first-order valence-corrected chi connectivity index (χ1v) is 5.46. The van der Waals surface area contributed by atoms with Crippen LogP contribution in [0.4, 0.5) is 10.2 Å². The minimum atomic E-state index is -0.614. The van der Waals surface area contributed by atoms with Crippen LogP contribution in [0.5, 0.6) is 0 Å². The Morgan fingerprint density at radius 3 is 2.72 bits per heavy atom. The molecule has 1 aromatic rings. The third-order valence-electron chi connectivity index (χ3n) is 2.12. The Bertz CT molecular complexity index is 451. The van der Waals surface area contributed by atoms with Crippen LogP contribution in [0.2, 0.25) is 0 Å². The Morgan fingerprint density at radius 2 is 2.11 bits per heavy atom. The van der Waals surface area contributed by atoms with Gasteiger partial charge >= 0.3 is 0 Å². The van der Waals surface area contributed by atoms with Crippen LogP contribution in [0.25, 0.3) is 0 Å². The van der Waals surface area contributed by atoms with Crippen molar-refractivity contribution < 1.29 is 14.0 Å². The molecule has 3 N–H and O–H groups in total. The van der Waals surface area contributed by atoms with E-state index in [1.807, 2.05) is 0 Å². The average Bonchev–Trinajstić information content (AvgIpc) is 2.36. The number of nitrogens with one attached hydrogen (secondary N) is 3. The molecule has 0 saturated carbocycles. The van der Waals surface area contributed by atoms with Crippen molar-refractivity contribution in [2.24, 2.45) is 0 Å². The summed E-state index contributed by atoms with van der Waals surface area (Å²) in [5.74, 6) is -1.22. The second kappa shape index (κ2) is 6.53. The van der Waals surface area contributed by atoms with Gasteiger partial charge in [-0.2, -0.15) is 0 Å². The van der Waals surface area contributed by atoms with Crippen LogP contribution >= 0.6 is 0 Å². The van der Waals surface area contributed by atoms with Gasteiger partial charge in [0.05, 0.1) is 18.3 Å². The SMILES string of the molecule is CCNC(=O)CNC(=O)c1cc(F)cnc1NC. The zero-order chi connectivity index (χ0) is 13.5. The first-order valence-electron chi connectivity index (χ1n) is 5.46. The molecule has 2 amide bonds. The maximum Gasteiger partial charge on any atom is 0.255 e. The van der Waals surface area contributed by atoms with E-state index in [-0.39, 0.29) is 23.8 Å². The van der Waals surface area contributed by atoms with E-state index in [4.69, 9.17) is 0 Å². The molecule has 0 bridgehead atoms. The van der Waals surface area contributed by atoms with Gasteiger partial charge in [-0.3, -0.25) is 9.59 Å². The van der Waals surface area contributed by atoms with Crippen molar-refractivity contribution in [3.8, 4) is 0 Å². The molecular formula is C11H15FN4O2. The lowest BCUT2D eigenvalue weighted by Crippen LogP contribution is -2.37. The van der Waals surface area contributed by atoms with Crippen LogP contribution < -0.4 is 16.0 Å². The van der Waals surface area contributed by atoms with E-state index in [1.54, 1.807) is 14.0 Å². The van der Waals surface area contributed by atoms with E-state index in [1.165, 1.54) is 0 Å². The second-order valence-corrected chi connectivity index (χ2v) is 3.44. The molecule has 1 rings (SSSR count). The molecule has 0 aliphatic carbocycles. The Labute approximate surface area is 104 Å². The van der Waals surface area contributed by atoms with Crippen molar-refractivity contribution in [1.82, 2.24) is 15.6 Å². The lowest BCUT2D eigenvalue weighted by molar-refractivity contribution is -0.120. The summed E-state index contributed by atoms with van der Waals surface area (Å²) in [4.78, 5) is 26.7. The maximum absolute atomic E-state index is 13.0. The number of rotatable bonds is 5. The third-order valence-corrected chi connectivity index (χ3v) is 2.12. The van der Waals surface area contributed by atoms with Crippen LogP contribution in [0.1, 0.15) is 17.3 Å². The largest absolute Gasteiger partial charge is 0.372 e. The highest BCUT2D eigenvalue weighted by Crippen LogP contribution is 2.12. The number of aromatic nitrogens is 1. The van der Waals surface area contributed by atoms with E-state index in [0.29, 0.717) is 6.54 Å². The molecule has 0 saturated heterocycles. The Kier molecular flexibility index (Phi) is 5.04. The molecule has 18 heavy (non-hydrogen) atoms. The number of pyridine rings is 1. The summed E-state index contributed by atoms with van der Waals surface area (Å²) >= 11 is 0. The summed E-state index contributed by atoms with van der Waals surface area (Å²) in [6.07, 6.45) is 1.01. The summed E-state index contributed by atoms with van der Waals surface area (Å²) in [6.45, 7) is 2.10. The Morgan fingerprint density at radius 1 is 1.39 bits per heavy atom. The summed E-state index contributed by atoms with van der Waals surface area (Å²) < 4.78 is 13.0. The van der Waals surface area contributed by atoms with Gasteiger partial charge in [-0.15, -0.1) is 0 Å². The zero-order valence-electron chi connectivity index (χ0n) is 10.2. The van der Waals surface area contributed by atoms with Crippen LogP contribution in [-0.4, -0.2) is 36.9 Å². The first kappa shape index (κ1) is 13.9. The molecule has 7 heteroatoms. The van der Waals surface area contributed by atoms with Gasteiger partial charge in [0.1, 0.15) is 11.6 Å². The number of halogens is 1. The number of hydrogen-bond donors (Lipinski definition) is 3. The molecule has 1 aromatic heterocycles. The standard InChI is InChI=1S/C11H15FN4O2/c1-3-14-9(17)6-16-11(18)8-4-7(12)5-15-10(8)13-2/h4-5H,3,6H2,1-2H3,(H,13,15)(H,14,17)(H,16,18). The minimum Gasteiger partial charge on any atom is -0.372 e. The van der Waals surface area contributed by atoms with Crippen LogP contribution in [-0.2, 0) is 4.79 Å². The van der Waals surface area contributed by atoms with Crippen molar-refractivity contribution in [2.45, 2.75) is 6.92 Å². The summed E-state index contributed by atoms with van der Waals surface area (Å²) in [5, 5.41) is 7.60. The van der Waals surface area contributed by atoms with Crippen molar-refractivity contribution in [3.63, 3.8) is 0 Å². The number of anilines is 1. The molecule has 98 valence electrons. The molecule has 0 aromatic carbocycles. The quantitative estimate of drug-likeness (QED) is 0.697. The number of amides is 2. The van der Waals surface area contributed by atoms with Gasteiger partial charge in [0.25, 0.3) is 5.91 Å². The lowest BCUT2D eigenvalue weighted by Gasteiger charge is -2.08. The van der Waals surface area contributed by atoms with E-state index >= 15 is 0 Å². The topological polar surface area (TPSA) is 83.1 Å². The molecule has 0 radical (unpaired) electrons.